The van der Waals surface area contributed by atoms with E-state index >= 15 is 0 Å². The van der Waals surface area contributed by atoms with Crippen molar-refractivity contribution in [3.05, 3.63) is 34.9 Å². The first kappa shape index (κ1) is 21.7. The summed E-state index contributed by atoms with van der Waals surface area (Å²) >= 11 is 0. The van der Waals surface area contributed by atoms with Crippen LogP contribution in [0.5, 0.6) is 11.5 Å². The van der Waals surface area contributed by atoms with Crippen molar-refractivity contribution in [3.8, 4) is 11.5 Å². The third-order valence-electron chi connectivity index (χ3n) is 6.21. The fourth-order valence-corrected chi connectivity index (χ4v) is 4.57. The lowest BCUT2D eigenvalue weighted by Crippen LogP contribution is -2.37. The Morgan fingerprint density at radius 2 is 1.86 bits per heavy atom. The minimum Gasteiger partial charge on any atom is -0.496 e. The summed E-state index contributed by atoms with van der Waals surface area (Å²) in [5, 5.41) is 0. The van der Waals surface area contributed by atoms with E-state index in [0.29, 0.717) is 5.75 Å². The van der Waals surface area contributed by atoms with Crippen LogP contribution in [0.4, 0.5) is 4.79 Å². The van der Waals surface area contributed by atoms with E-state index in [1.807, 2.05) is 4.90 Å². The van der Waals surface area contributed by atoms with Crippen LogP contribution in [0.1, 0.15) is 88.7 Å². The van der Waals surface area contributed by atoms with Crippen molar-refractivity contribution in [1.29, 1.82) is 0 Å². The van der Waals surface area contributed by atoms with Gasteiger partial charge >= 0.3 is 6.09 Å². The standard InChI is InChI=1S/C25H37NO3/c1-4-5-7-12-20-17-22(28-3)24(21-13-10-11-19(2)16-21)23(18-20)29-25(27)26-14-8-6-9-15-26/h16-18,21H,4-15H2,1-3H3/t21-/m1/s1. The van der Waals surface area contributed by atoms with Crippen molar-refractivity contribution in [2.24, 2.45) is 0 Å². The number of hydrogen-bond donors (Lipinski definition) is 0. The number of likely N-dealkylation sites (tertiary alicyclic amines) is 1. The Morgan fingerprint density at radius 1 is 1.10 bits per heavy atom. The number of piperidine rings is 1. The van der Waals surface area contributed by atoms with Gasteiger partial charge in [-0.05, 0) is 76.0 Å². The van der Waals surface area contributed by atoms with E-state index in [2.05, 4.69) is 32.1 Å². The van der Waals surface area contributed by atoms with Crippen molar-refractivity contribution >= 4 is 6.09 Å². The zero-order valence-electron chi connectivity index (χ0n) is 18.5. The van der Waals surface area contributed by atoms with Crippen molar-refractivity contribution in [1.82, 2.24) is 4.90 Å². The Morgan fingerprint density at radius 3 is 2.55 bits per heavy atom. The zero-order valence-corrected chi connectivity index (χ0v) is 18.5. The number of hydrogen-bond acceptors (Lipinski definition) is 3. The molecule has 1 atom stereocenters. The van der Waals surface area contributed by atoms with Crippen LogP contribution in [-0.4, -0.2) is 31.2 Å². The molecule has 1 aliphatic heterocycles. The van der Waals surface area contributed by atoms with Crippen molar-refractivity contribution < 1.29 is 14.3 Å². The summed E-state index contributed by atoms with van der Waals surface area (Å²) in [6.45, 7) is 6.00. The molecule has 0 aromatic heterocycles. The number of ether oxygens (including phenoxy) is 2. The molecular formula is C25H37NO3. The van der Waals surface area contributed by atoms with Crippen LogP contribution in [0.2, 0.25) is 0 Å². The lowest BCUT2D eigenvalue weighted by atomic mass is 9.84. The monoisotopic (exact) mass is 399 g/mol. The minimum absolute atomic E-state index is 0.213. The molecule has 0 spiro atoms. The van der Waals surface area contributed by atoms with Gasteiger partial charge in [-0.25, -0.2) is 4.79 Å². The number of nitrogens with zero attached hydrogens (tertiary/aromatic N) is 1. The van der Waals surface area contributed by atoms with E-state index in [0.717, 1.165) is 69.3 Å². The molecule has 4 heteroatoms. The molecule has 1 aromatic carbocycles. The molecule has 1 aliphatic carbocycles. The molecule has 0 unspecified atom stereocenters. The average Bonchev–Trinajstić information content (AvgIpc) is 2.74. The topological polar surface area (TPSA) is 38.8 Å². The van der Waals surface area contributed by atoms with Gasteiger partial charge in [-0.15, -0.1) is 0 Å². The van der Waals surface area contributed by atoms with Crippen LogP contribution in [0, 0.1) is 0 Å². The van der Waals surface area contributed by atoms with E-state index in [-0.39, 0.29) is 12.0 Å². The zero-order chi connectivity index (χ0) is 20.6. The number of carbonyl (C=O) groups is 1. The molecule has 1 saturated heterocycles. The van der Waals surface area contributed by atoms with Crippen molar-refractivity contribution in [2.45, 2.75) is 84.0 Å². The molecule has 1 amide bonds. The summed E-state index contributed by atoms with van der Waals surface area (Å²) in [6, 6.07) is 4.24. The van der Waals surface area contributed by atoms with Crippen LogP contribution in [0.15, 0.2) is 23.8 Å². The van der Waals surface area contributed by atoms with Crippen molar-refractivity contribution in [3.63, 3.8) is 0 Å². The maximum atomic E-state index is 12.9. The third-order valence-corrected chi connectivity index (χ3v) is 6.21. The van der Waals surface area contributed by atoms with E-state index in [4.69, 9.17) is 9.47 Å². The number of carbonyl (C=O) groups excluding carboxylic acids is 1. The highest BCUT2D eigenvalue weighted by atomic mass is 16.6. The molecule has 3 rings (SSSR count). The SMILES string of the molecule is CCCCCc1cc(OC)c([C@H]2C=C(C)CCC2)c(OC(=O)N2CCCCC2)c1. The summed E-state index contributed by atoms with van der Waals surface area (Å²) in [5.74, 6) is 1.80. The molecule has 0 saturated carbocycles. The Bertz CT molecular complexity index is 719. The van der Waals surface area contributed by atoms with Crippen LogP contribution >= 0.6 is 0 Å². The van der Waals surface area contributed by atoms with E-state index < -0.39 is 0 Å². The van der Waals surface area contributed by atoms with Gasteiger partial charge in [0.15, 0.2) is 0 Å². The molecule has 160 valence electrons. The fraction of sp³-hybridized carbons (Fsp3) is 0.640. The lowest BCUT2D eigenvalue weighted by molar-refractivity contribution is 0.142. The summed E-state index contributed by atoms with van der Waals surface area (Å²) in [7, 11) is 1.73. The summed E-state index contributed by atoms with van der Waals surface area (Å²) < 4.78 is 11.9. The van der Waals surface area contributed by atoms with Crippen molar-refractivity contribution in [2.75, 3.05) is 20.2 Å². The van der Waals surface area contributed by atoms with Gasteiger partial charge in [0.1, 0.15) is 11.5 Å². The second-order valence-electron chi connectivity index (χ2n) is 8.59. The normalized spacial score (nSPS) is 19.6. The summed E-state index contributed by atoms with van der Waals surface area (Å²) in [4.78, 5) is 14.7. The number of rotatable bonds is 7. The number of aryl methyl sites for hydroxylation is 1. The predicted molar refractivity (Wildman–Crippen MR) is 118 cm³/mol. The summed E-state index contributed by atoms with van der Waals surface area (Å²) in [6.07, 6.45) is 13.3. The largest absolute Gasteiger partial charge is 0.496 e. The Balaban J connectivity index is 1.92. The van der Waals surface area contributed by atoms with Crippen LogP contribution in [0.25, 0.3) is 0 Å². The second kappa shape index (κ2) is 10.7. The molecule has 1 aromatic rings. The van der Waals surface area contributed by atoms with Gasteiger partial charge < -0.3 is 14.4 Å². The Hall–Kier alpha value is -1.97. The van der Waals surface area contributed by atoms with E-state index in [1.54, 1.807) is 7.11 Å². The number of amides is 1. The third kappa shape index (κ3) is 5.77. The van der Waals surface area contributed by atoms with Gasteiger partial charge in [0, 0.05) is 24.6 Å². The number of benzene rings is 1. The maximum absolute atomic E-state index is 12.9. The van der Waals surface area contributed by atoms with Crippen LogP contribution in [0.3, 0.4) is 0 Å². The first-order chi connectivity index (χ1) is 14.1. The molecule has 2 aliphatic rings. The highest BCUT2D eigenvalue weighted by Gasteiger charge is 2.26. The smallest absolute Gasteiger partial charge is 0.415 e. The molecule has 4 nitrogen and oxygen atoms in total. The van der Waals surface area contributed by atoms with Gasteiger partial charge in [0.25, 0.3) is 0 Å². The molecule has 29 heavy (non-hydrogen) atoms. The molecule has 0 bridgehead atoms. The number of unbranched alkanes of at least 4 members (excludes halogenated alkanes) is 2. The maximum Gasteiger partial charge on any atom is 0.415 e. The van der Waals surface area contributed by atoms with E-state index in [1.165, 1.54) is 30.4 Å². The Labute approximate surface area is 176 Å². The molecule has 0 radical (unpaired) electrons. The highest BCUT2D eigenvalue weighted by Crippen LogP contribution is 2.43. The quantitative estimate of drug-likeness (QED) is 0.382. The second-order valence-corrected chi connectivity index (χ2v) is 8.59. The van der Waals surface area contributed by atoms with Gasteiger partial charge in [-0.1, -0.05) is 31.4 Å². The van der Waals surface area contributed by atoms with Gasteiger partial charge in [-0.3, -0.25) is 0 Å². The lowest BCUT2D eigenvalue weighted by Gasteiger charge is -2.28. The fourth-order valence-electron chi connectivity index (χ4n) is 4.57. The first-order valence-corrected chi connectivity index (χ1v) is 11.5. The van der Waals surface area contributed by atoms with E-state index in [9.17, 15) is 4.79 Å². The predicted octanol–water partition coefficient (Wildman–Crippen LogP) is 6.63. The van der Waals surface area contributed by atoms with Crippen LogP contribution in [-0.2, 0) is 6.42 Å². The first-order valence-electron chi connectivity index (χ1n) is 11.5. The summed E-state index contributed by atoms with van der Waals surface area (Å²) in [5.41, 5.74) is 3.64. The van der Waals surface area contributed by atoms with Gasteiger partial charge in [0.05, 0.1) is 7.11 Å². The Kier molecular flexibility index (Phi) is 8.02. The highest BCUT2D eigenvalue weighted by molar-refractivity contribution is 5.72. The van der Waals surface area contributed by atoms with Gasteiger partial charge in [-0.2, -0.15) is 0 Å². The van der Waals surface area contributed by atoms with Crippen LogP contribution < -0.4 is 9.47 Å². The molecule has 1 fully saturated rings. The van der Waals surface area contributed by atoms with Gasteiger partial charge in [0.2, 0.25) is 0 Å². The minimum atomic E-state index is -0.213. The molecular weight excluding hydrogens is 362 g/mol. The molecule has 1 heterocycles. The number of allylic oxidation sites excluding steroid dienone is 2. The number of methoxy groups -OCH3 is 1. The molecule has 0 N–H and O–H groups in total. The average molecular weight is 400 g/mol.